The largest absolute Gasteiger partial charge is 0.316 e. The summed E-state index contributed by atoms with van der Waals surface area (Å²) >= 11 is 5.92. The Morgan fingerprint density at radius 2 is 1.79 bits per heavy atom. The van der Waals surface area contributed by atoms with E-state index in [9.17, 15) is 0 Å². The molecular formula is C16H17Cl2N. The summed E-state index contributed by atoms with van der Waals surface area (Å²) in [6, 6.07) is 17.5. The quantitative estimate of drug-likeness (QED) is 0.878. The zero-order valence-electron chi connectivity index (χ0n) is 10.8. The van der Waals surface area contributed by atoms with Gasteiger partial charge in [-0.05, 0) is 42.3 Å². The molecule has 2 atom stereocenters. The summed E-state index contributed by atoms with van der Waals surface area (Å²) in [5, 5.41) is 4.12. The number of rotatable bonds is 3. The van der Waals surface area contributed by atoms with Gasteiger partial charge in [-0.2, -0.15) is 0 Å². The van der Waals surface area contributed by atoms with Gasteiger partial charge in [0.05, 0.1) is 0 Å². The summed E-state index contributed by atoms with van der Waals surface area (Å²) in [5.41, 5.74) is 3.93. The van der Waals surface area contributed by atoms with Crippen molar-refractivity contribution in [1.82, 2.24) is 5.32 Å². The zero-order chi connectivity index (χ0) is 12.5. The molecule has 0 aromatic heterocycles. The standard InChI is InChI=1S/C16H16ClN.ClH/c1-18-16-10-15(16)13-4-2-3-12(9-13)11-5-7-14(17)8-6-11;/h2-9,15-16,18H,10H2,1H3;1H. The second-order valence-corrected chi connectivity index (χ2v) is 5.31. The molecule has 1 saturated carbocycles. The van der Waals surface area contributed by atoms with Gasteiger partial charge in [0.15, 0.2) is 0 Å². The van der Waals surface area contributed by atoms with Gasteiger partial charge in [-0.25, -0.2) is 0 Å². The first-order chi connectivity index (χ1) is 8.78. The Morgan fingerprint density at radius 3 is 2.42 bits per heavy atom. The molecule has 1 aliphatic rings. The number of halogens is 2. The van der Waals surface area contributed by atoms with Crippen molar-refractivity contribution in [2.75, 3.05) is 7.05 Å². The summed E-state index contributed by atoms with van der Waals surface area (Å²) < 4.78 is 0. The predicted octanol–water partition coefficient (Wildman–Crippen LogP) is 4.50. The summed E-state index contributed by atoms with van der Waals surface area (Å²) in [6.07, 6.45) is 1.25. The topological polar surface area (TPSA) is 12.0 Å². The molecule has 19 heavy (non-hydrogen) atoms. The third-order valence-electron chi connectivity index (χ3n) is 3.65. The van der Waals surface area contributed by atoms with Crippen molar-refractivity contribution in [3.63, 3.8) is 0 Å². The molecule has 0 bridgehead atoms. The molecule has 0 spiro atoms. The third-order valence-corrected chi connectivity index (χ3v) is 3.91. The molecule has 3 heteroatoms. The maximum atomic E-state index is 5.92. The van der Waals surface area contributed by atoms with Gasteiger partial charge in [0.2, 0.25) is 0 Å². The van der Waals surface area contributed by atoms with Crippen molar-refractivity contribution < 1.29 is 0 Å². The molecule has 2 aromatic carbocycles. The highest BCUT2D eigenvalue weighted by Crippen LogP contribution is 2.41. The smallest absolute Gasteiger partial charge is 0.0406 e. The first-order valence-electron chi connectivity index (χ1n) is 6.31. The number of nitrogens with one attached hydrogen (secondary N) is 1. The molecule has 1 nitrogen and oxygen atoms in total. The van der Waals surface area contributed by atoms with Crippen molar-refractivity contribution in [2.45, 2.75) is 18.4 Å². The van der Waals surface area contributed by atoms with Crippen molar-refractivity contribution in [2.24, 2.45) is 0 Å². The van der Waals surface area contributed by atoms with Gasteiger partial charge in [0.1, 0.15) is 0 Å². The molecule has 2 aromatic rings. The molecule has 1 fully saturated rings. The Labute approximate surface area is 125 Å². The molecular weight excluding hydrogens is 277 g/mol. The summed E-state index contributed by atoms with van der Waals surface area (Å²) in [7, 11) is 2.04. The van der Waals surface area contributed by atoms with E-state index in [0.717, 1.165) is 5.02 Å². The number of hydrogen-bond acceptors (Lipinski definition) is 1. The average molecular weight is 294 g/mol. The van der Waals surface area contributed by atoms with E-state index in [4.69, 9.17) is 11.6 Å². The molecule has 0 radical (unpaired) electrons. The van der Waals surface area contributed by atoms with E-state index in [-0.39, 0.29) is 12.4 Å². The fourth-order valence-electron chi connectivity index (χ4n) is 2.47. The Bertz CT molecular complexity index is 551. The highest BCUT2D eigenvalue weighted by molar-refractivity contribution is 6.30. The summed E-state index contributed by atoms with van der Waals surface area (Å²) in [5.74, 6) is 0.683. The fraction of sp³-hybridized carbons (Fsp3) is 0.250. The maximum Gasteiger partial charge on any atom is 0.0406 e. The van der Waals surface area contributed by atoms with Crippen LogP contribution >= 0.6 is 24.0 Å². The van der Waals surface area contributed by atoms with Crippen LogP contribution in [0.15, 0.2) is 48.5 Å². The van der Waals surface area contributed by atoms with Crippen molar-refractivity contribution in [3.8, 4) is 11.1 Å². The normalized spacial score (nSPS) is 20.7. The van der Waals surface area contributed by atoms with Gasteiger partial charge >= 0.3 is 0 Å². The van der Waals surface area contributed by atoms with Gasteiger partial charge in [0.25, 0.3) is 0 Å². The molecule has 1 aliphatic carbocycles. The van der Waals surface area contributed by atoms with Crippen LogP contribution in [0.25, 0.3) is 11.1 Å². The number of likely N-dealkylation sites (N-methyl/N-ethyl adjacent to an activating group) is 1. The lowest BCUT2D eigenvalue weighted by molar-refractivity contribution is 0.784. The fourth-order valence-corrected chi connectivity index (χ4v) is 2.60. The van der Waals surface area contributed by atoms with Gasteiger partial charge < -0.3 is 5.32 Å². The molecule has 0 amide bonds. The Kier molecular flexibility index (Phi) is 4.51. The molecule has 2 unspecified atom stereocenters. The lowest BCUT2D eigenvalue weighted by Crippen LogP contribution is -2.10. The highest BCUT2D eigenvalue weighted by Gasteiger charge is 2.36. The van der Waals surface area contributed by atoms with E-state index in [2.05, 4.69) is 41.7 Å². The lowest BCUT2D eigenvalue weighted by atomic mass is 10.0. The first-order valence-corrected chi connectivity index (χ1v) is 6.69. The van der Waals surface area contributed by atoms with E-state index < -0.39 is 0 Å². The van der Waals surface area contributed by atoms with Crippen molar-refractivity contribution in [3.05, 3.63) is 59.1 Å². The van der Waals surface area contributed by atoms with Crippen LogP contribution in [0.3, 0.4) is 0 Å². The van der Waals surface area contributed by atoms with Crippen molar-refractivity contribution >= 4 is 24.0 Å². The van der Waals surface area contributed by atoms with Gasteiger partial charge in [-0.1, -0.05) is 48.0 Å². The van der Waals surface area contributed by atoms with Crippen LogP contribution in [0.1, 0.15) is 17.9 Å². The van der Waals surface area contributed by atoms with E-state index in [1.165, 1.54) is 23.1 Å². The molecule has 0 heterocycles. The summed E-state index contributed by atoms with van der Waals surface area (Å²) in [4.78, 5) is 0. The maximum absolute atomic E-state index is 5.92. The minimum absolute atomic E-state index is 0. The third kappa shape index (κ3) is 3.11. The van der Waals surface area contributed by atoms with Crippen LogP contribution < -0.4 is 5.32 Å². The lowest BCUT2D eigenvalue weighted by Gasteiger charge is -2.05. The van der Waals surface area contributed by atoms with Gasteiger partial charge in [-0.3, -0.25) is 0 Å². The van der Waals surface area contributed by atoms with Gasteiger partial charge in [-0.15, -0.1) is 12.4 Å². The minimum Gasteiger partial charge on any atom is -0.316 e. The predicted molar refractivity (Wildman–Crippen MR) is 84.3 cm³/mol. The first kappa shape index (κ1) is 14.4. The van der Waals surface area contributed by atoms with Crippen LogP contribution in [-0.4, -0.2) is 13.1 Å². The molecule has 1 N–H and O–H groups in total. The molecule has 0 aliphatic heterocycles. The molecule has 100 valence electrons. The van der Waals surface area contributed by atoms with E-state index >= 15 is 0 Å². The van der Waals surface area contributed by atoms with Crippen LogP contribution in [0, 0.1) is 0 Å². The van der Waals surface area contributed by atoms with E-state index in [1.54, 1.807) is 0 Å². The summed E-state index contributed by atoms with van der Waals surface area (Å²) in [6.45, 7) is 0. The van der Waals surface area contributed by atoms with Crippen LogP contribution in [-0.2, 0) is 0 Å². The monoisotopic (exact) mass is 293 g/mol. The van der Waals surface area contributed by atoms with E-state index in [0.29, 0.717) is 12.0 Å². The Balaban J connectivity index is 0.00000133. The number of benzene rings is 2. The van der Waals surface area contributed by atoms with Crippen molar-refractivity contribution in [1.29, 1.82) is 0 Å². The van der Waals surface area contributed by atoms with Gasteiger partial charge in [0, 0.05) is 17.0 Å². The number of hydrogen-bond donors (Lipinski definition) is 1. The SMILES string of the molecule is CNC1CC1c1cccc(-c2ccc(Cl)cc2)c1.Cl. The van der Waals surface area contributed by atoms with E-state index in [1.807, 2.05) is 19.2 Å². The molecule has 0 saturated heterocycles. The Hall–Kier alpha value is -1.02. The Morgan fingerprint density at radius 1 is 1.05 bits per heavy atom. The minimum atomic E-state index is 0. The zero-order valence-corrected chi connectivity index (χ0v) is 12.3. The second-order valence-electron chi connectivity index (χ2n) is 4.87. The second kappa shape index (κ2) is 5.96. The average Bonchev–Trinajstić information content (AvgIpc) is 3.19. The van der Waals surface area contributed by atoms with Crippen LogP contribution in [0.4, 0.5) is 0 Å². The highest BCUT2D eigenvalue weighted by atomic mass is 35.5. The van der Waals surface area contributed by atoms with Crippen LogP contribution in [0.5, 0.6) is 0 Å². The van der Waals surface area contributed by atoms with Crippen LogP contribution in [0.2, 0.25) is 5.02 Å². The molecule has 3 rings (SSSR count).